The fourth-order valence-electron chi connectivity index (χ4n) is 1.17. The largest absolute Gasteiger partial charge is 0.481 e. The average molecular weight is 247 g/mol. The third-order valence-electron chi connectivity index (χ3n) is 2.10. The molecule has 0 aliphatic carbocycles. The average Bonchev–Trinajstić information content (AvgIpc) is 2.26. The topological polar surface area (TPSA) is 84.9 Å². The van der Waals surface area contributed by atoms with Crippen LogP contribution >= 0.6 is 0 Å². The Morgan fingerprint density at radius 1 is 1.24 bits per heavy atom. The highest BCUT2D eigenvalue weighted by molar-refractivity contribution is 5.76. The van der Waals surface area contributed by atoms with Crippen molar-refractivity contribution >= 4 is 11.9 Å². The smallest absolute Gasteiger partial charge is 0.303 e. The van der Waals surface area contributed by atoms with E-state index in [2.05, 4.69) is 5.32 Å². The summed E-state index contributed by atoms with van der Waals surface area (Å²) in [5.74, 6) is -0.977. The summed E-state index contributed by atoms with van der Waals surface area (Å²) >= 11 is 0. The zero-order valence-corrected chi connectivity index (χ0v) is 10.4. The summed E-state index contributed by atoms with van der Waals surface area (Å²) in [7, 11) is 1.58. The van der Waals surface area contributed by atoms with Crippen LogP contribution in [0.5, 0.6) is 0 Å². The molecule has 100 valence electrons. The highest BCUT2D eigenvalue weighted by Crippen LogP contribution is 1.97. The molecule has 0 aromatic heterocycles. The van der Waals surface area contributed by atoms with E-state index in [1.807, 2.05) is 0 Å². The summed E-state index contributed by atoms with van der Waals surface area (Å²) < 4.78 is 9.93. The fraction of sp³-hybridized carbons (Fsp3) is 0.818. The van der Waals surface area contributed by atoms with Crippen LogP contribution in [0.3, 0.4) is 0 Å². The van der Waals surface area contributed by atoms with E-state index in [9.17, 15) is 9.59 Å². The van der Waals surface area contributed by atoms with Crippen LogP contribution in [0.25, 0.3) is 0 Å². The summed E-state index contributed by atoms with van der Waals surface area (Å²) in [6.07, 6.45) is 0.776. The van der Waals surface area contributed by atoms with Crippen LogP contribution < -0.4 is 5.32 Å². The highest BCUT2D eigenvalue weighted by atomic mass is 16.5. The molecule has 0 fully saturated rings. The molecule has 0 spiro atoms. The molecule has 1 unspecified atom stereocenters. The van der Waals surface area contributed by atoms with Crippen LogP contribution in [0.4, 0.5) is 0 Å². The standard InChI is InChI=1S/C11H21NO5/c1-9(3-4-11(14)15)12-10(13)5-6-17-8-7-16-2/h9H,3-8H2,1-2H3,(H,12,13)(H,14,15). The molecule has 2 N–H and O–H groups in total. The SMILES string of the molecule is COCCOCCC(=O)NC(C)CCC(=O)O. The Morgan fingerprint density at radius 3 is 2.53 bits per heavy atom. The Kier molecular flexibility index (Phi) is 9.37. The molecule has 1 atom stereocenters. The molecule has 0 saturated carbocycles. The molecule has 0 aromatic carbocycles. The Balaban J connectivity index is 3.47. The molecule has 1 amide bonds. The van der Waals surface area contributed by atoms with Crippen molar-refractivity contribution in [1.29, 1.82) is 0 Å². The van der Waals surface area contributed by atoms with Crippen LogP contribution in [0.2, 0.25) is 0 Å². The van der Waals surface area contributed by atoms with Crippen LogP contribution in [0.1, 0.15) is 26.2 Å². The summed E-state index contributed by atoms with van der Waals surface area (Å²) in [4.78, 5) is 21.7. The third-order valence-corrected chi connectivity index (χ3v) is 2.10. The van der Waals surface area contributed by atoms with Gasteiger partial charge in [-0.3, -0.25) is 9.59 Å². The van der Waals surface area contributed by atoms with Gasteiger partial charge in [0.05, 0.1) is 19.8 Å². The maximum atomic E-state index is 11.4. The van der Waals surface area contributed by atoms with E-state index in [-0.39, 0.29) is 24.8 Å². The molecule has 6 heteroatoms. The van der Waals surface area contributed by atoms with E-state index in [1.165, 1.54) is 0 Å². The lowest BCUT2D eigenvalue weighted by atomic mass is 10.2. The number of hydrogen-bond acceptors (Lipinski definition) is 4. The Bertz CT molecular complexity index is 232. The van der Waals surface area contributed by atoms with Gasteiger partial charge < -0.3 is 19.9 Å². The minimum Gasteiger partial charge on any atom is -0.481 e. The van der Waals surface area contributed by atoms with Gasteiger partial charge in [-0.25, -0.2) is 0 Å². The van der Waals surface area contributed by atoms with Crippen molar-refractivity contribution in [3.05, 3.63) is 0 Å². The monoisotopic (exact) mass is 247 g/mol. The number of amides is 1. The number of ether oxygens (including phenoxy) is 2. The van der Waals surface area contributed by atoms with Gasteiger partial charge in [-0.05, 0) is 13.3 Å². The first-order valence-electron chi connectivity index (χ1n) is 5.64. The number of hydrogen-bond donors (Lipinski definition) is 2. The van der Waals surface area contributed by atoms with Crippen molar-refractivity contribution in [3.8, 4) is 0 Å². The Hall–Kier alpha value is -1.14. The van der Waals surface area contributed by atoms with Gasteiger partial charge in [0, 0.05) is 26.0 Å². The molecule has 0 aliphatic heterocycles. The number of nitrogens with one attached hydrogen (secondary N) is 1. The maximum Gasteiger partial charge on any atom is 0.303 e. The predicted molar refractivity (Wildman–Crippen MR) is 61.8 cm³/mol. The molecule has 0 bridgehead atoms. The van der Waals surface area contributed by atoms with Crippen molar-refractivity contribution in [2.24, 2.45) is 0 Å². The Labute approximate surface area is 101 Å². The van der Waals surface area contributed by atoms with Gasteiger partial charge in [0.2, 0.25) is 5.91 Å². The van der Waals surface area contributed by atoms with Gasteiger partial charge in [0.25, 0.3) is 0 Å². The van der Waals surface area contributed by atoms with Crippen molar-refractivity contribution in [3.63, 3.8) is 0 Å². The van der Waals surface area contributed by atoms with Gasteiger partial charge in [0.15, 0.2) is 0 Å². The van der Waals surface area contributed by atoms with Crippen LogP contribution in [0, 0.1) is 0 Å². The van der Waals surface area contributed by atoms with Gasteiger partial charge in [-0.2, -0.15) is 0 Å². The van der Waals surface area contributed by atoms with Crippen LogP contribution in [0.15, 0.2) is 0 Å². The number of carbonyl (C=O) groups excluding carboxylic acids is 1. The van der Waals surface area contributed by atoms with Crippen molar-refractivity contribution in [2.45, 2.75) is 32.2 Å². The number of aliphatic carboxylic acids is 1. The quantitative estimate of drug-likeness (QED) is 0.546. The lowest BCUT2D eigenvalue weighted by Crippen LogP contribution is -2.33. The molecular formula is C11H21NO5. The van der Waals surface area contributed by atoms with E-state index in [0.29, 0.717) is 26.2 Å². The molecule has 0 rings (SSSR count). The zero-order chi connectivity index (χ0) is 13.1. The third kappa shape index (κ3) is 11.1. The molecule has 17 heavy (non-hydrogen) atoms. The first kappa shape index (κ1) is 15.9. The minimum atomic E-state index is -0.853. The second kappa shape index (κ2) is 10.0. The normalized spacial score (nSPS) is 12.1. The van der Waals surface area contributed by atoms with Gasteiger partial charge in [-0.15, -0.1) is 0 Å². The molecule has 0 aromatic rings. The summed E-state index contributed by atoms with van der Waals surface area (Å²) in [5, 5.41) is 11.2. The van der Waals surface area contributed by atoms with Gasteiger partial charge in [-0.1, -0.05) is 0 Å². The number of carbonyl (C=O) groups is 2. The molecule has 0 radical (unpaired) electrons. The summed E-state index contributed by atoms with van der Waals surface area (Å²) in [5.41, 5.74) is 0. The highest BCUT2D eigenvalue weighted by Gasteiger charge is 2.08. The minimum absolute atomic E-state index is 0.0613. The molecule has 0 aliphatic rings. The molecule has 0 saturated heterocycles. The second-order valence-electron chi connectivity index (χ2n) is 3.76. The summed E-state index contributed by atoms with van der Waals surface area (Å²) in [6.45, 7) is 3.11. The van der Waals surface area contributed by atoms with Crippen LogP contribution in [-0.4, -0.2) is 50.0 Å². The first-order valence-corrected chi connectivity index (χ1v) is 5.64. The lowest BCUT2D eigenvalue weighted by molar-refractivity contribution is -0.137. The molecule has 0 heterocycles. The number of carboxylic acids is 1. The first-order chi connectivity index (χ1) is 8.06. The Morgan fingerprint density at radius 2 is 1.94 bits per heavy atom. The van der Waals surface area contributed by atoms with E-state index < -0.39 is 5.97 Å². The number of rotatable bonds is 10. The van der Waals surface area contributed by atoms with Crippen molar-refractivity contribution in [1.82, 2.24) is 5.32 Å². The van der Waals surface area contributed by atoms with E-state index in [1.54, 1.807) is 14.0 Å². The van der Waals surface area contributed by atoms with Gasteiger partial charge >= 0.3 is 5.97 Å². The zero-order valence-electron chi connectivity index (χ0n) is 10.4. The number of methoxy groups -OCH3 is 1. The summed E-state index contributed by atoms with van der Waals surface area (Å²) in [6, 6.07) is -0.127. The van der Waals surface area contributed by atoms with Gasteiger partial charge in [0.1, 0.15) is 0 Å². The van der Waals surface area contributed by atoms with Crippen LogP contribution in [-0.2, 0) is 19.1 Å². The molecular weight excluding hydrogens is 226 g/mol. The number of carboxylic acid groups (broad SMARTS) is 1. The second-order valence-corrected chi connectivity index (χ2v) is 3.76. The van der Waals surface area contributed by atoms with Crippen molar-refractivity contribution < 1.29 is 24.2 Å². The van der Waals surface area contributed by atoms with E-state index in [4.69, 9.17) is 14.6 Å². The lowest BCUT2D eigenvalue weighted by Gasteiger charge is -2.12. The maximum absolute atomic E-state index is 11.4. The molecule has 6 nitrogen and oxygen atoms in total. The van der Waals surface area contributed by atoms with Crippen molar-refractivity contribution in [2.75, 3.05) is 26.9 Å². The van der Waals surface area contributed by atoms with E-state index >= 15 is 0 Å². The fourth-order valence-corrected chi connectivity index (χ4v) is 1.17. The van der Waals surface area contributed by atoms with E-state index in [0.717, 1.165) is 0 Å². The predicted octanol–water partition coefficient (Wildman–Crippen LogP) is 0.409.